The van der Waals surface area contributed by atoms with Gasteiger partial charge in [-0.2, -0.15) is 0 Å². The molecule has 0 bridgehead atoms. The summed E-state index contributed by atoms with van der Waals surface area (Å²) in [4.78, 5) is 28.5. The summed E-state index contributed by atoms with van der Waals surface area (Å²) in [5.41, 5.74) is 13.6. The molecule has 2 aliphatic rings. The maximum absolute atomic E-state index is 14.0. The highest BCUT2D eigenvalue weighted by molar-refractivity contribution is 7.99. The van der Waals surface area contributed by atoms with Crippen LogP contribution < -0.4 is 20.8 Å². The zero-order valence-corrected chi connectivity index (χ0v) is 24.0. The fraction of sp³-hybridized carbons (Fsp3) is 0.323. The molecule has 40 heavy (non-hydrogen) atoms. The minimum atomic E-state index is 0.117. The molecule has 8 nitrogen and oxygen atoms in total. The Bertz CT molecular complexity index is 1660. The molecule has 206 valence electrons. The number of anilines is 2. The van der Waals surface area contributed by atoms with Crippen molar-refractivity contribution in [1.82, 2.24) is 19.4 Å². The first-order valence-electron chi connectivity index (χ1n) is 13.6. The van der Waals surface area contributed by atoms with Crippen LogP contribution in [-0.4, -0.2) is 45.4 Å². The average molecular weight is 555 g/mol. The first-order chi connectivity index (χ1) is 19.4. The number of aromatic nitrogens is 3. The van der Waals surface area contributed by atoms with Crippen molar-refractivity contribution in [2.24, 2.45) is 0 Å². The maximum atomic E-state index is 14.0. The number of hydrogen-bond acceptors (Lipinski definition) is 8. The van der Waals surface area contributed by atoms with E-state index in [1.807, 2.05) is 42.2 Å². The number of nitrogens with two attached hydrogens (primary N) is 1. The summed E-state index contributed by atoms with van der Waals surface area (Å²) in [5, 5.41) is 0.820. The molecule has 0 aliphatic carbocycles. The molecule has 6 rings (SSSR count). The molecule has 1 aromatic carbocycles. The summed E-state index contributed by atoms with van der Waals surface area (Å²) < 4.78 is 7.69. The van der Waals surface area contributed by atoms with Gasteiger partial charge in [-0.1, -0.05) is 6.08 Å². The van der Waals surface area contributed by atoms with E-state index in [4.69, 9.17) is 10.5 Å². The van der Waals surface area contributed by atoms with E-state index in [1.54, 1.807) is 13.3 Å². The van der Waals surface area contributed by atoms with E-state index in [0.717, 1.165) is 53.0 Å². The van der Waals surface area contributed by atoms with Crippen molar-refractivity contribution in [1.29, 1.82) is 0 Å². The van der Waals surface area contributed by atoms with Crippen LogP contribution in [0.5, 0.6) is 5.88 Å². The summed E-state index contributed by atoms with van der Waals surface area (Å²) in [6.45, 7) is 7.91. The fourth-order valence-electron chi connectivity index (χ4n) is 5.63. The van der Waals surface area contributed by atoms with Crippen molar-refractivity contribution in [3.8, 4) is 5.88 Å². The summed E-state index contributed by atoms with van der Waals surface area (Å²) in [6, 6.07) is 9.91. The molecule has 0 fully saturated rings. The SMILES string of the molecule is COc1cc(CN(Cc2cn3c4c(c(C)c(C)cc4c2=O)SCC3)C2=CCCN(c3ccc(N)nc3)C2)ccn1. The highest BCUT2D eigenvalue weighted by Crippen LogP contribution is 2.36. The second kappa shape index (κ2) is 10.9. The lowest BCUT2D eigenvalue weighted by atomic mass is 10.0. The van der Waals surface area contributed by atoms with E-state index in [-0.39, 0.29) is 5.43 Å². The number of nitrogen functional groups attached to an aromatic ring is 1. The Morgan fingerprint density at radius 2 is 2.00 bits per heavy atom. The Morgan fingerprint density at radius 3 is 2.80 bits per heavy atom. The van der Waals surface area contributed by atoms with Crippen LogP contribution in [0.1, 0.15) is 28.7 Å². The third-order valence-corrected chi connectivity index (χ3v) is 9.07. The van der Waals surface area contributed by atoms with Crippen LogP contribution in [0, 0.1) is 13.8 Å². The Kier molecular flexibility index (Phi) is 7.14. The number of pyridine rings is 3. The van der Waals surface area contributed by atoms with Crippen LogP contribution >= 0.6 is 11.8 Å². The lowest BCUT2D eigenvalue weighted by Crippen LogP contribution is -2.37. The van der Waals surface area contributed by atoms with Crippen LogP contribution in [0.15, 0.2) is 70.4 Å². The summed E-state index contributed by atoms with van der Waals surface area (Å²) in [7, 11) is 1.63. The van der Waals surface area contributed by atoms with Gasteiger partial charge in [0.15, 0.2) is 5.43 Å². The molecule has 2 N–H and O–H groups in total. The lowest BCUT2D eigenvalue weighted by Gasteiger charge is -2.36. The molecule has 0 amide bonds. The molecule has 3 aromatic heterocycles. The number of ether oxygens (including phenoxy) is 1. The van der Waals surface area contributed by atoms with E-state index in [2.05, 4.69) is 56.5 Å². The monoisotopic (exact) mass is 554 g/mol. The molecule has 9 heteroatoms. The van der Waals surface area contributed by atoms with Gasteiger partial charge < -0.3 is 24.8 Å². The average Bonchev–Trinajstić information content (AvgIpc) is 2.98. The van der Waals surface area contributed by atoms with Gasteiger partial charge in [0.1, 0.15) is 5.82 Å². The molecule has 0 spiro atoms. The van der Waals surface area contributed by atoms with E-state index in [1.165, 1.54) is 21.7 Å². The zero-order valence-electron chi connectivity index (χ0n) is 23.2. The number of benzene rings is 1. The van der Waals surface area contributed by atoms with Gasteiger partial charge in [0.25, 0.3) is 0 Å². The minimum Gasteiger partial charge on any atom is -0.481 e. The quantitative estimate of drug-likeness (QED) is 0.345. The van der Waals surface area contributed by atoms with Crippen molar-refractivity contribution >= 4 is 34.2 Å². The topological polar surface area (TPSA) is 89.5 Å². The first-order valence-corrected chi connectivity index (χ1v) is 14.6. The predicted molar refractivity (Wildman–Crippen MR) is 162 cm³/mol. The van der Waals surface area contributed by atoms with Crippen LogP contribution in [0.2, 0.25) is 0 Å². The number of hydrogen-bond donors (Lipinski definition) is 1. The largest absolute Gasteiger partial charge is 0.481 e. The Balaban J connectivity index is 1.39. The van der Waals surface area contributed by atoms with Crippen molar-refractivity contribution in [2.75, 3.05) is 36.6 Å². The molecule has 0 saturated carbocycles. The predicted octanol–water partition coefficient (Wildman–Crippen LogP) is 4.90. The molecule has 5 heterocycles. The number of nitrogens with zero attached hydrogens (tertiary/aromatic N) is 5. The molecular formula is C31H34N6O2S. The van der Waals surface area contributed by atoms with Gasteiger partial charge in [-0.3, -0.25) is 4.79 Å². The van der Waals surface area contributed by atoms with Gasteiger partial charge in [0.2, 0.25) is 5.88 Å². The van der Waals surface area contributed by atoms with Crippen molar-refractivity contribution in [3.05, 3.63) is 93.2 Å². The van der Waals surface area contributed by atoms with Gasteiger partial charge in [-0.05, 0) is 61.2 Å². The molecule has 0 unspecified atom stereocenters. The minimum absolute atomic E-state index is 0.117. The smallest absolute Gasteiger partial charge is 0.213 e. The number of thioether (sulfide) groups is 1. The normalized spacial score (nSPS) is 14.8. The van der Waals surface area contributed by atoms with Crippen molar-refractivity contribution < 1.29 is 4.74 Å². The van der Waals surface area contributed by atoms with E-state index in [9.17, 15) is 4.79 Å². The second-order valence-electron chi connectivity index (χ2n) is 10.5. The number of methoxy groups -OCH3 is 1. The first kappa shape index (κ1) is 26.3. The summed E-state index contributed by atoms with van der Waals surface area (Å²) in [6.07, 6.45) is 8.89. The Labute approximate surface area is 238 Å². The van der Waals surface area contributed by atoms with Crippen LogP contribution in [0.25, 0.3) is 10.9 Å². The van der Waals surface area contributed by atoms with Crippen LogP contribution in [-0.2, 0) is 19.6 Å². The molecule has 0 radical (unpaired) electrons. The standard InChI is InChI=1S/C31H34N6O2S/c1-20-13-26-29-31(21(20)2)40-12-11-36(29)17-23(30(26)38)18-37(16-22-8-9-33-28(14-22)39-3)25-5-4-10-35(19-25)24-6-7-27(32)34-15-24/h5-9,13-15,17H,4,10-12,16,18-19H2,1-3H3,(H2,32,34). The summed E-state index contributed by atoms with van der Waals surface area (Å²) in [5.74, 6) is 2.10. The Morgan fingerprint density at radius 1 is 1.12 bits per heavy atom. The molecular weight excluding hydrogens is 520 g/mol. The molecule has 4 aromatic rings. The van der Waals surface area contributed by atoms with Crippen LogP contribution in [0.3, 0.4) is 0 Å². The lowest BCUT2D eigenvalue weighted by molar-refractivity contribution is 0.314. The van der Waals surface area contributed by atoms with Crippen molar-refractivity contribution in [3.63, 3.8) is 0 Å². The van der Waals surface area contributed by atoms with E-state index >= 15 is 0 Å². The highest BCUT2D eigenvalue weighted by Gasteiger charge is 2.23. The summed E-state index contributed by atoms with van der Waals surface area (Å²) >= 11 is 1.86. The number of rotatable bonds is 7. The third-order valence-electron chi connectivity index (χ3n) is 7.89. The van der Waals surface area contributed by atoms with Gasteiger partial charge in [-0.15, -0.1) is 11.8 Å². The van der Waals surface area contributed by atoms with Crippen LogP contribution in [0.4, 0.5) is 11.5 Å². The van der Waals surface area contributed by atoms with Gasteiger partial charge >= 0.3 is 0 Å². The van der Waals surface area contributed by atoms with Crippen molar-refractivity contribution in [2.45, 2.75) is 44.8 Å². The molecule has 2 aliphatic heterocycles. The van der Waals surface area contributed by atoms with Gasteiger partial charge in [0.05, 0.1) is 31.1 Å². The Hall–Kier alpha value is -3.98. The zero-order chi connectivity index (χ0) is 27.8. The number of aryl methyl sites for hydroxylation is 2. The van der Waals surface area contributed by atoms with Gasteiger partial charge in [0, 0.05) is 71.9 Å². The second-order valence-corrected chi connectivity index (χ2v) is 11.6. The van der Waals surface area contributed by atoms with E-state index in [0.29, 0.717) is 31.3 Å². The molecule has 0 saturated heterocycles. The molecule has 0 atom stereocenters. The third kappa shape index (κ3) is 5.01. The maximum Gasteiger partial charge on any atom is 0.213 e. The van der Waals surface area contributed by atoms with Gasteiger partial charge in [-0.25, -0.2) is 9.97 Å². The highest BCUT2D eigenvalue weighted by atomic mass is 32.2. The van der Waals surface area contributed by atoms with E-state index < -0.39 is 0 Å². The fourth-order valence-corrected chi connectivity index (χ4v) is 6.87.